The van der Waals surface area contributed by atoms with Gasteiger partial charge in [-0.15, -0.1) is 0 Å². The van der Waals surface area contributed by atoms with E-state index >= 15 is 0 Å². The molecule has 0 aromatic rings. The van der Waals surface area contributed by atoms with E-state index in [9.17, 15) is 0 Å². The van der Waals surface area contributed by atoms with Crippen LogP contribution < -0.4 is 0 Å². The first-order chi connectivity index (χ1) is 4.89. The molecular formula is C9H14O. The maximum absolute atomic E-state index is 5.31. The fourth-order valence-corrected chi connectivity index (χ4v) is 3.28. The summed E-state index contributed by atoms with van der Waals surface area (Å²) in [6.45, 7) is 2.18. The Bertz CT molecular complexity index is 160. The molecule has 1 aliphatic heterocycles. The molecule has 2 aliphatic carbocycles. The first-order valence-electron chi connectivity index (χ1n) is 4.47. The third-order valence-electron chi connectivity index (χ3n) is 3.88. The molecule has 0 aromatic carbocycles. The van der Waals surface area contributed by atoms with E-state index in [4.69, 9.17) is 4.74 Å². The molecule has 3 fully saturated rings. The molecule has 0 amide bonds. The predicted octanol–water partition coefficient (Wildman–Crippen LogP) is 1.82. The Morgan fingerprint density at radius 1 is 1.20 bits per heavy atom. The Hall–Kier alpha value is -0.0400. The summed E-state index contributed by atoms with van der Waals surface area (Å²) in [5, 5.41) is 0. The van der Waals surface area contributed by atoms with Gasteiger partial charge in [0.1, 0.15) is 0 Å². The highest BCUT2D eigenvalue weighted by Gasteiger charge is 2.54. The van der Waals surface area contributed by atoms with Gasteiger partial charge in [0.15, 0.2) is 0 Å². The lowest BCUT2D eigenvalue weighted by molar-refractivity contribution is -0.141. The van der Waals surface area contributed by atoms with E-state index in [-0.39, 0.29) is 0 Å². The molecule has 2 saturated carbocycles. The fraction of sp³-hybridized carbons (Fsp3) is 1.00. The van der Waals surface area contributed by atoms with Crippen molar-refractivity contribution in [3.05, 3.63) is 0 Å². The Balaban J connectivity index is 1.89. The summed E-state index contributed by atoms with van der Waals surface area (Å²) in [6, 6.07) is 0. The van der Waals surface area contributed by atoms with Crippen LogP contribution in [0.5, 0.6) is 0 Å². The fourth-order valence-electron chi connectivity index (χ4n) is 3.28. The molecule has 0 aromatic heterocycles. The van der Waals surface area contributed by atoms with Crippen LogP contribution in [0.15, 0.2) is 0 Å². The van der Waals surface area contributed by atoms with E-state index in [1.165, 1.54) is 25.7 Å². The van der Waals surface area contributed by atoms with Crippen molar-refractivity contribution in [2.45, 2.75) is 25.7 Å². The normalized spacial score (nSPS) is 48.0. The first-order valence-corrected chi connectivity index (χ1v) is 4.47. The van der Waals surface area contributed by atoms with Crippen LogP contribution in [0.3, 0.4) is 0 Å². The second-order valence-corrected chi connectivity index (χ2v) is 4.44. The van der Waals surface area contributed by atoms with Crippen molar-refractivity contribution in [1.29, 1.82) is 0 Å². The lowest BCUT2D eigenvalue weighted by Gasteiger charge is -2.44. The van der Waals surface area contributed by atoms with Crippen LogP contribution in [-0.2, 0) is 4.74 Å². The van der Waals surface area contributed by atoms with E-state index in [0.717, 1.165) is 25.0 Å². The zero-order valence-electron chi connectivity index (χ0n) is 6.31. The van der Waals surface area contributed by atoms with Crippen molar-refractivity contribution in [3.8, 4) is 0 Å². The summed E-state index contributed by atoms with van der Waals surface area (Å²) in [4.78, 5) is 0. The summed E-state index contributed by atoms with van der Waals surface area (Å²) in [6.07, 6.45) is 6.06. The Morgan fingerprint density at radius 3 is 2.40 bits per heavy atom. The van der Waals surface area contributed by atoms with E-state index in [1.807, 2.05) is 0 Å². The van der Waals surface area contributed by atoms with Gasteiger partial charge in [0.25, 0.3) is 0 Å². The zero-order valence-corrected chi connectivity index (χ0v) is 6.31. The van der Waals surface area contributed by atoms with Gasteiger partial charge in [-0.2, -0.15) is 0 Å². The van der Waals surface area contributed by atoms with Gasteiger partial charge in [-0.3, -0.25) is 0 Å². The van der Waals surface area contributed by atoms with Crippen LogP contribution in [0.4, 0.5) is 0 Å². The highest BCUT2D eigenvalue weighted by Crippen LogP contribution is 2.58. The van der Waals surface area contributed by atoms with Crippen molar-refractivity contribution in [2.75, 3.05) is 13.2 Å². The molecule has 3 rings (SSSR count). The van der Waals surface area contributed by atoms with Crippen LogP contribution in [0, 0.1) is 17.3 Å². The topological polar surface area (TPSA) is 9.23 Å². The molecule has 1 spiro atoms. The zero-order chi connectivity index (χ0) is 6.60. The van der Waals surface area contributed by atoms with Gasteiger partial charge >= 0.3 is 0 Å². The molecular weight excluding hydrogens is 124 g/mol. The van der Waals surface area contributed by atoms with Gasteiger partial charge in [-0.1, -0.05) is 6.42 Å². The number of fused-ring (bicyclic) bond motifs is 3. The van der Waals surface area contributed by atoms with Gasteiger partial charge < -0.3 is 4.74 Å². The van der Waals surface area contributed by atoms with Crippen molar-refractivity contribution >= 4 is 0 Å². The quantitative estimate of drug-likeness (QED) is 0.496. The monoisotopic (exact) mass is 138 g/mol. The van der Waals surface area contributed by atoms with Crippen molar-refractivity contribution in [2.24, 2.45) is 17.3 Å². The van der Waals surface area contributed by atoms with Crippen LogP contribution in [-0.4, -0.2) is 13.2 Å². The minimum atomic E-state index is 0.711. The van der Waals surface area contributed by atoms with E-state index in [0.29, 0.717) is 5.41 Å². The van der Waals surface area contributed by atoms with Crippen LogP contribution >= 0.6 is 0 Å². The Morgan fingerprint density at radius 2 is 2.10 bits per heavy atom. The number of hydrogen-bond donors (Lipinski definition) is 0. The molecule has 2 bridgehead atoms. The smallest absolute Gasteiger partial charge is 0.0547 e. The molecule has 1 heterocycles. The molecule has 1 saturated heterocycles. The minimum Gasteiger partial charge on any atom is -0.380 e. The summed E-state index contributed by atoms with van der Waals surface area (Å²) in [5.41, 5.74) is 0.711. The maximum Gasteiger partial charge on any atom is 0.0547 e. The van der Waals surface area contributed by atoms with Gasteiger partial charge in [0.05, 0.1) is 13.2 Å². The van der Waals surface area contributed by atoms with Crippen molar-refractivity contribution < 1.29 is 4.74 Å². The number of hydrogen-bond acceptors (Lipinski definition) is 1. The first kappa shape index (κ1) is 5.59. The minimum absolute atomic E-state index is 0.711. The standard InChI is InChI=1S/C9H14O/c1-2-8-3-7(1)4-9(8)5-10-6-9/h7-8H,1-6H2. The SMILES string of the molecule is C1CC2CC1CC21COC1. The second-order valence-electron chi connectivity index (χ2n) is 4.44. The average Bonchev–Trinajstić information content (AvgIpc) is 2.40. The van der Waals surface area contributed by atoms with E-state index in [1.54, 1.807) is 0 Å². The molecule has 2 unspecified atom stereocenters. The van der Waals surface area contributed by atoms with Gasteiger partial charge in [0.2, 0.25) is 0 Å². The van der Waals surface area contributed by atoms with Crippen LogP contribution in [0.25, 0.3) is 0 Å². The van der Waals surface area contributed by atoms with E-state index < -0.39 is 0 Å². The summed E-state index contributed by atoms with van der Waals surface area (Å²) in [5.74, 6) is 2.15. The van der Waals surface area contributed by atoms with Crippen LogP contribution in [0.2, 0.25) is 0 Å². The molecule has 0 radical (unpaired) electrons. The molecule has 2 atom stereocenters. The maximum atomic E-state index is 5.31. The molecule has 0 N–H and O–H groups in total. The second kappa shape index (κ2) is 1.58. The largest absolute Gasteiger partial charge is 0.380 e. The van der Waals surface area contributed by atoms with Crippen molar-refractivity contribution in [3.63, 3.8) is 0 Å². The summed E-state index contributed by atoms with van der Waals surface area (Å²) >= 11 is 0. The summed E-state index contributed by atoms with van der Waals surface area (Å²) < 4.78 is 5.31. The highest BCUT2D eigenvalue weighted by atomic mass is 16.5. The highest BCUT2D eigenvalue weighted by molar-refractivity contribution is 5.03. The van der Waals surface area contributed by atoms with Gasteiger partial charge in [-0.05, 0) is 31.1 Å². The van der Waals surface area contributed by atoms with E-state index in [2.05, 4.69) is 0 Å². The lowest BCUT2D eigenvalue weighted by Crippen LogP contribution is -2.46. The van der Waals surface area contributed by atoms with Crippen molar-refractivity contribution in [1.82, 2.24) is 0 Å². The Kier molecular flexibility index (Phi) is 0.883. The molecule has 1 heteroatoms. The third kappa shape index (κ3) is 0.493. The van der Waals surface area contributed by atoms with Gasteiger partial charge in [0, 0.05) is 5.41 Å². The third-order valence-corrected chi connectivity index (χ3v) is 3.88. The average molecular weight is 138 g/mol. The Labute approximate surface area is 61.8 Å². The number of rotatable bonds is 0. The lowest BCUT2D eigenvalue weighted by atomic mass is 9.72. The summed E-state index contributed by atoms with van der Waals surface area (Å²) in [7, 11) is 0. The molecule has 3 aliphatic rings. The number of ether oxygens (including phenoxy) is 1. The molecule has 56 valence electrons. The van der Waals surface area contributed by atoms with Crippen LogP contribution in [0.1, 0.15) is 25.7 Å². The predicted molar refractivity (Wildman–Crippen MR) is 38.7 cm³/mol. The van der Waals surface area contributed by atoms with Gasteiger partial charge in [-0.25, -0.2) is 0 Å². The molecule has 1 nitrogen and oxygen atoms in total. The molecule has 10 heavy (non-hydrogen) atoms.